The topological polar surface area (TPSA) is 41.5 Å². The number of hydrogen-bond acceptors (Lipinski definition) is 3. The summed E-state index contributed by atoms with van der Waals surface area (Å²) >= 11 is 0. The molecule has 3 heteroatoms. The van der Waals surface area contributed by atoms with Crippen molar-refractivity contribution < 1.29 is 9.84 Å². The van der Waals surface area contributed by atoms with E-state index in [2.05, 4.69) is 19.2 Å². The molecule has 1 aliphatic rings. The Labute approximate surface area is 93.2 Å². The molecule has 90 valence electrons. The van der Waals surface area contributed by atoms with Gasteiger partial charge in [-0.2, -0.15) is 0 Å². The van der Waals surface area contributed by atoms with E-state index in [1.54, 1.807) is 0 Å². The summed E-state index contributed by atoms with van der Waals surface area (Å²) in [5, 5.41) is 13.0. The van der Waals surface area contributed by atoms with Crippen molar-refractivity contribution in [1.82, 2.24) is 5.32 Å². The van der Waals surface area contributed by atoms with Gasteiger partial charge < -0.3 is 15.2 Å². The molecule has 3 nitrogen and oxygen atoms in total. The van der Waals surface area contributed by atoms with Crippen molar-refractivity contribution >= 4 is 0 Å². The van der Waals surface area contributed by atoms with E-state index in [-0.39, 0.29) is 12.0 Å². The first kappa shape index (κ1) is 12.9. The normalized spacial score (nSPS) is 19.4. The molecule has 0 aromatic carbocycles. The molecule has 0 aliphatic carbocycles. The number of rotatable bonds is 6. The van der Waals surface area contributed by atoms with E-state index in [0.29, 0.717) is 6.04 Å². The highest BCUT2D eigenvalue weighted by molar-refractivity contribution is 4.81. The maximum absolute atomic E-state index is 9.44. The molecule has 0 amide bonds. The lowest BCUT2D eigenvalue weighted by molar-refractivity contribution is 0.0648. The first-order chi connectivity index (χ1) is 7.26. The third kappa shape index (κ3) is 3.74. The minimum absolute atomic E-state index is 0.0817. The number of aliphatic hydroxyl groups excluding tert-OH is 1. The summed E-state index contributed by atoms with van der Waals surface area (Å²) in [4.78, 5) is 0. The Bertz CT molecular complexity index is 155. The number of nitrogens with one attached hydrogen (secondary N) is 1. The van der Waals surface area contributed by atoms with Crippen LogP contribution < -0.4 is 5.32 Å². The zero-order valence-electron chi connectivity index (χ0n) is 10.1. The van der Waals surface area contributed by atoms with Gasteiger partial charge in [-0.05, 0) is 25.7 Å². The van der Waals surface area contributed by atoms with Crippen LogP contribution in [0.2, 0.25) is 0 Å². The number of ether oxygens (including phenoxy) is 1. The smallest absolute Gasteiger partial charge is 0.0499 e. The fraction of sp³-hybridized carbons (Fsp3) is 1.00. The molecule has 15 heavy (non-hydrogen) atoms. The predicted octanol–water partition coefficient (Wildman–Crippen LogP) is 1.55. The van der Waals surface area contributed by atoms with Gasteiger partial charge in [0.1, 0.15) is 0 Å². The quantitative estimate of drug-likeness (QED) is 0.706. The highest BCUT2D eigenvalue weighted by Gasteiger charge is 2.26. The molecule has 0 saturated carbocycles. The first-order valence-corrected chi connectivity index (χ1v) is 6.18. The van der Waals surface area contributed by atoms with Gasteiger partial charge in [0, 0.05) is 37.8 Å². The van der Waals surface area contributed by atoms with Gasteiger partial charge in [-0.3, -0.25) is 0 Å². The summed E-state index contributed by atoms with van der Waals surface area (Å²) in [5.41, 5.74) is 0.0817. The fourth-order valence-electron chi connectivity index (χ4n) is 2.04. The Morgan fingerprint density at radius 3 is 2.33 bits per heavy atom. The Hall–Kier alpha value is -0.120. The highest BCUT2D eigenvalue weighted by atomic mass is 16.5. The molecule has 0 radical (unpaired) electrons. The summed E-state index contributed by atoms with van der Waals surface area (Å²) < 4.78 is 5.32. The van der Waals surface area contributed by atoms with E-state index in [1.165, 1.54) is 0 Å². The van der Waals surface area contributed by atoms with Gasteiger partial charge in [0.05, 0.1) is 0 Å². The Morgan fingerprint density at radius 1 is 1.27 bits per heavy atom. The minimum Gasteiger partial charge on any atom is -0.396 e. The van der Waals surface area contributed by atoms with E-state index in [9.17, 15) is 5.11 Å². The second kappa shape index (κ2) is 6.46. The molecule has 1 fully saturated rings. The second-order valence-electron chi connectivity index (χ2n) is 4.63. The summed E-state index contributed by atoms with van der Waals surface area (Å²) in [6, 6.07) is 0.586. The lowest BCUT2D eigenvalue weighted by atomic mass is 9.83. The summed E-state index contributed by atoms with van der Waals surface area (Å²) in [6.07, 6.45) is 4.29. The van der Waals surface area contributed by atoms with Crippen LogP contribution in [0.3, 0.4) is 0 Å². The number of hydrogen-bond donors (Lipinski definition) is 2. The predicted molar refractivity (Wildman–Crippen MR) is 61.9 cm³/mol. The van der Waals surface area contributed by atoms with Crippen LogP contribution in [0.15, 0.2) is 0 Å². The van der Waals surface area contributed by atoms with Crippen LogP contribution >= 0.6 is 0 Å². The molecule has 0 spiro atoms. The monoisotopic (exact) mass is 215 g/mol. The van der Waals surface area contributed by atoms with Crippen LogP contribution in [0.1, 0.15) is 39.5 Å². The van der Waals surface area contributed by atoms with Crippen molar-refractivity contribution in [3.63, 3.8) is 0 Å². The van der Waals surface area contributed by atoms with Crippen molar-refractivity contribution in [2.75, 3.05) is 26.4 Å². The molecule has 2 N–H and O–H groups in total. The van der Waals surface area contributed by atoms with E-state index in [4.69, 9.17) is 4.74 Å². The molecule has 1 heterocycles. The van der Waals surface area contributed by atoms with Crippen molar-refractivity contribution in [2.45, 2.75) is 45.6 Å². The maximum atomic E-state index is 9.44. The van der Waals surface area contributed by atoms with E-state index < -0.39 is 0 Å². The lowest BCUT2D eigenvalue weighted by Gasteiger charge is -2.33. The molecule has 0 atom stereocenters. The summed E-state index contributed by atoms with van der Waals surface area (Å²) in [5.74, 6) is 0. The summed E-state index contributed by atoms with van der Waals surface area (Å²) in [6.45, 7) is 7.29. The molecule has 0 aromatic heterocycles. The van der Waals surface area contributed by atoms with Gasteiger partial charge in [-0.25, -0.2) is 0 Å². The van der Waals surface area contributed by atoms with Crippen LogP contribution in [0.5, 0.6) is 0 Å². The second-order valence-corrected chi connectivity index (χ2v) is 4.63. The average Bonchev–Trinajstić information content (AvgIpc) is 2.33. The molecule has 1 aliphatic heterocycles. The van der Waals surface area contributed by atoms with Gasteiger partial charge in [0.15, 0.2) is 0 Å². The molecular formula is C12H25NO2. The minimum atomic E-state index is 0.0817. The van der Waals surface area contributed by atoms with E-state index in [0.717, 1.165) is 45.4 Å². The highest BCUT2D eigenvalue weighted by Crippen LogP contribution is 2.25. The molecule has 1 saturated heterocycles. The van der Waals surface area contributed by atoms with Gasteiger partial charge in [-0.1, -0.05) is 13.8 Å². The molecule has 0 aromatic rings. The van der Waals surface area contributed by atoms with Gasteiger partial charge in [0.2, 0.25) is 0 Å². The average molecular weight is 215 g/mol. The Balaban J connectivity index is 2.31. The zero-order valence-corrected chi connectivity index (χ0v) is 10.1. The van der Waals surface area contributed by atoms with Gasteiger partial charge >= 0.3 is 0 Å². The van der Waals surface area contributed by atoms with Crippen molar-refractivity contribution in [1.29, 1.82) is 0 Å². The molecular weight excluding hydrogens is 190 g/mol. The van der Waals surface area contributed by atoms with Crippen LogP contribution in [0, 0.1) is 5.41 Å². The third-order valence-corrected chi connectivity index (χ3v) is 3.82. The van der Waals surface area contributed by atoms with Crippen molar-refractivity contribution in [2.24, 2.45) is 5.41 Å². The van der Waals surface area contributed by atoms with Crippen molar-refractivity contribution in [3.05, 3.63) is 0 Å². The third-order valence-electron chi connectivity index (χ3n) is 3.82. The molecule has 0 unspecified atom stereocenters. The summed E-state index contributed by atoms with van der Waals surface area (Å²) in [7, 11) is 0. The Kier molecular flexibility index (Phi) is 5.58. The fourth-order valence-corrected chi connectivity index (χ4v) is 2.04. The standard InChI is InChI=1S/C12H25NO2/c1-3-12(4-2,10-14)9-13-11-5-7-15-8-6-11/h11,13-14H,3-10H2,1-2H3. The van der Waals surface area contributed by atoms with E-state index in [1.807, 2.05) is 0 Å². The molecule has 0 bridgehead atoms. The van der Waals surface area contributed by atoms with E-state index >= 15 is 0 Å². The van der Waals surface area contributed by atoms with Crippen molar-refractivity contribution in [3.8, 4) is 0 Å². The van der Waals surface area contributed by atoms with Crippen LogP contribution in [-0.4, -0.2) is 37.5 Å². The maximum Gasteiger partial charge on any atom is 0.0499 e. The lowest BCUT2D eigenvalue weighted by Crippen LogP contribution is -2.43. The van der Waals surface area contributed by atoms with Gasteiger partial charge in [-0.15, -0.1) is 0 Å². The Morgan fingerprint density at radius 2 is 1.87 bits per heavy atom. The molecule has 1 rings (SSSR count). The van der Waals surface area contributed by atoms with Crippen LogP contribution in [0.4, 0.5) is 0 Å². The number of aliphatic hydroxyl groups is 1. The first-order valence-electron chi connectivity index (χ1n) is 6.18. The zero-order chi connectivity index (χ0) is 11.1. The van der Waals surface area contributed by atoms with Gasteiger partial charge in [0.25, 0.3) is 0 Å². The largest absolute Gasteiger partial charge is 0.396 e. The SMILES string of the molecule is CCC(CC)(CO)CNC1CCOCC1. The van der Waals surface area contributed by atoms with Crippen LogP contribution in [-0.2, 0) is 4.74 Å². The van der Waals surface area contributed by atoms with Crippen LogP contribution in [0.25, 0.3) is 0 Å².